The topological polar surface area (TPSA) is 121 Å². The van der Waals surface area contributed by atoms with Gasteiger partial charge >= 0.3 is 12.1 Å². The van der Waals surface area contributed by atoms with E-state index in [4.69, 9.17) is 14.2 Å². The molecule has 0 saturated carbocycles. The molecule has 0 aliphatic rings. The number of rotatable bonds is 10. The summed E-state index contributed by atoms with van der Waals surface area (Å²) in [5.41, 5.74) is -0.318. The minimum Gasteiger partial charge on any atom is -0.493 e. The molecule has 1 atom stereocenters. The number of carbonyl (C=O) groups is 2. The molecule has 0 bridgehead atoms. The Bertz CT molecular complexity index is 1490. The molecule has 0 aliphatic heterocycles. The van der Waals surface area contributed by atoms with Crippen LogP contribution in [0.3, 0.4) is 0 Å². The van der Waals surface area contributed by atoms with Gasteiger partial charge in [-0.3, -0.25) is 9.78 Å². The van der Waals surface area contributed by atoms with Crippen LogP contribution in [0.25, 0.3) is 10.8 Å². The van der Waals surface area contributed by atoms with Gasteiger partial charge in [0.2, 0.25) is 10.0 Å². The minimum atomic E-state index is -5.56. The van der Waals surface area contributed by atoms with Crippen molar-refractivity contribution in [2.45, 2.75) is 32.2 Å². The Morgan fingerprint density at radius 3 is 2.21 bits per heavy atom. The number of ketones is 1. The number of ether oxygens (including phenoxy) is 3. The summed E-state index contributed by atoms with van der Waals surface area (Å²) in [5, 5.41) is 0.503. The molecule has 210 valence electrons. The van der Waals surface area contributed by atoms with E-state index < -0.39 is 34.0 Å². The Morgan fingerprint density at radius 1 is 1.00 bits per heavy atom. The molecule has 0 spiro atoms. The number of sulfonamides is 1. The highest BCUT2D eigenvalue weighted by Gasteiger charge is 2.47. The highest BCUT2D eigenvalue weighted by Crippen LogP contribution is 2.38. The largest absolute Gasteiger partial charge is 0.493 e. The highest BCUT2D eigenvalue weighted by molar-refractivity contribution is 7.88. The van der Waals surface area contributed by atoms with E-state index in [9.17, 15) is 31.2 Å². The molecule has 1 unspecified atom stereocenters. The number of halogens is 3. The molecule has 2 aromatic carbocycles. The lowest BCUT2D eigenvalue weighted by molar-refractivity contribution is -0.225. The van der Waals surface area contributed by atoms with Crippen LogP contribution in [0.15, 0.2) is 48.8 Å². The normalized spacial score (nSPS) is 12.9. The number of carbonyl (C=O) groups excluding carboxylic acids is 2. The third-order valence-corrected chi connectivity index (χ3v) is 6.21. The minimum absolute atomic E-state index is 0.132. The van der Waals surface area contributed by atoms with Crippen LogP contribution in [0.5, 0.6) is 17.2 Å². The Hall–Kier alpha value is -3.91. The predicted molar refractivity (Wildman–Crippen MR) is 133 cm³/mol. The average Bonchev–Trinajstić information content (AvgIpc) is 2.85. The number of fused-ring (bicyclic) bond motifs is 1. The molecule has 3 aromatic rings. The maximum atomic E-state index is 13.9. The Morgan fingerprint density at radius 2 is 1.64 bits per heavy atom. The molecule has 1 aromatic heterocycles. The second-order valence-corrected chi connectivity index (χ2v) is 10.3. The first-order chi connectivity index (χ1) is 18.2. The fraction of sp³-hybridized carbons (Fsp3) is 0.320. The Kier molecular flexibility index (Phi) is 8.70. The zero-order chi connectivity index (χ0) is 29.1. The molecule has 0 saturated heterocycles. The van der Waals surface area contributed by atoms with Gasteiger partial charge in [-0.05, 0) is 48.0 Å². The van der Waals surface area contributed by atoms with E-state index >= 15 is 0 Å². The number of nitrogens with zero attached hydrogens (tertiary/aromatic N) is 2. The summed E-state index contributed by atoms with van der Waals surface area (Å²) >= 11 is 0. The summed E-state index contributed by atoms with van der Waals surface area (Å²) in [6, 6.07) is 6.37. The summed E-state index contributed by atoms with van der Waals surface area (Å²) < 4.78 is 80.9. The molecular formula is C25H25F3N2O8S. The fourth-order valence-electron chi connectivity index (χ4n) is 3.69. The first-order valence-corrected chi connectivity index (χ1v) is 13.1. The van der Waals surface area contributed by atoms with Crippen molar-refractivity contribution in [2.24, 2.45) is 0 Å². The van der Waals surface area contributed by atoms with E-state index in [-0.39, 0.29) is 44.3 Å². The third kappa shape index (κ3) is 6.75. The molecule has 3 rings (SSSR count). The maximum Gasteiger partial charge on any atom is 0.492 e. The van der Waals surface area contributed by atoms with Gasteiger partial charge in [-0.2, -0.15) is 13.2 Å². The van der Waals surface area contributed by atoms with Gasteiger partial charge in [-0.25, -0.2) is 13.2 Å². The van der Waals surface area contributed by atoms with Crippen molar-refractivity contribution < 1.29 is 50.2 Å². The van der Waals surface area contributed by atoms with Crippen LogP contribution in [0.2, 0.25) is 0 Å². The van der Waals surface area contributed by atoms with E-state index in [2.05, 4.69) is 9.82 Å². The number of hydroxylamine groups is 1. The molecule has 39 heavy (non-hydrogen) atoms. The zero-order valence-electron chi connectivity index (χ0n) is 21.5. The van der Waals surface area contributed by atoms with Gasteiger partial charge in [0.15, 0.2) is 23.3 Å². The molecule has 0 aliphatic carbocycles. The van der Waals surface area contributed by atoms with Crippen LogP contribution >= 0.6 is 0 Å². The van der Waals surface area contributed by atoms with Gasteiger partial charge in [-0.1, -0.05) is 12.1 Å². The molecule has 0 N–H and O–H groups in total. The number of aromatic nitrogens is 1. The Balaban J connectivity index is 2.33. The summed E-state index contributed by atoms with van der Waals surface area (Å²) in [6.45, 7) is 3.48. The summed E-state index contributed by atoms with van der Waals surface area (Å²) in [5.74, 6) is -3.16. The summed E-state index contributed by atoms with van der Waals surface area (Å²) in [4.78, 5) is 34.1. The van der Waals surface area contributed by atoms with Crippen LogP contribution < -0.4 is 14.2 Å². The monoisotopic (exact) mass is 570 g/mol. The zero-order valence-corrected chi connectivity index (χ0v) is 22.3. The quantitative estimate of drug-likeness (QED) is 0.260. The molecule has 14 heteroatoms. The first kappa shape index (κ1) is 29.6. The van der Waals surface area contributed by atoms with Crippen molar-refractivity contribution in [3.63, 3.8) is 0 Å². The number of hydrogen-bond acceptors (Lipinski definition) is 9. The predicted octanol–water partition coefficient (Wildman–Crippen LogP) is 4.25. The number of hydrogen-bond donors (Lipinski definition) is 0. The van der Waals surface area contributed by atoms with Gasteiger partial charge < -0.3 is 19.0 Å². The van der Waals surface area contributed by atoms with Crippen LogP contribution in [0.1, 0.15) is 35.8 Å². The number of methoxy groups -OCH3 is 2. The maximum absolute atomic E-state index is 13.9. The van der Waals surface area contributed by atoms with Gasteiger partial charge in [0.1, 0.15) is 5.75 Å². The standard InChI is InChI=1S/C25H25F3N2O8S/c1-14(2)37-17-8-6-7-15(9-17)23(31)22(30(39(5,33)34)38-24(32)25(26,27)28)19-13-29-12-16-10-20(35-3)21(36-4)11-18(16)19/h6-14,22H,1-5H3. The van der Waals surface area contributed by atoms with Crippen molar-refractivity contribution >= 4 is 32.5 Å². The van der Waals surface area contributed by atoms with Crippen LogP contribution in [-0.4, -0.2) is 62.4 Å². The van der Waals surface area contributed by atoms with Crippen molar-refractivity contribution in [3.05, 3.63) is 59.9 Å². The summed E-state index contributed by atoms with van der Waals surface area (Å²) in [6.07, 6.45) is -2.89. The van der Waals surface area contributed by atoms with Crippen LogP contribution in [-0.2, 0) is 19.7 Å². The number of alkyl halides is 3. The van der Waals surface area contributed by atoms with Crippen molar-refractivity contribution in [2.75, 3.05) is 20.5 Å². The number of pyridine rings is 1. The fourth-order valence-corrected chi connectivity index (χ4v) is 4.48. The lowest BCUT2D eigenvalue weighted by Crippen LogP contribution is -2.43. The van der Waals surface area contributed by atoms with E-state index in [0.717, 1.165) is 6.20 Å². The summed E-state index contributed by atoms with van der Waals surface area (Å²) in [7, 11) is -2.08. The second-order valence-electron chi connectivity index (χ2n) is 8.51. The first-order valence-electron chi connectivity index (χ1n) is 11.3. The van der Waals surface area contributed by atoms with Crippen LogP contribution in [0, 0.1) is 0 Å². The smallest absolute Gasteiger partial charge is 0.492 e. The number of Topliss-reactive ketones (excluding diaryl/α,β-unsaturated/α-hetero) is 1. The SMILES string of the molecule is COc1cc2cncc(C(C(=O)c3cccc(OC(C)C)c3)N(OC(=O)C(F)(F)F)S(C)(=O)=O)c2cc1OC. The second kappa shape index (κ2) is 11.5. The molecule has 0 fully saturated rings. The van der Waals surface area contributed by atoms with Crippen molar-refractivity contribution in [3.8, 4) is 17.2 Å². The molecular weight excluding hydrogens is 545 g/mol. The van der Waals surface area contributed by atoms with Crippen molar-refractivity contribution in [1.82, 2.24) is 9.45 Å². The van der Waals surface area contributed by atoms with E-state index in [1.54, 1.807) is 19.9 Å². The Labute approximate surface area is 222 Å². The lowest BCUT2D eigenvalue weighted by atomic mass is 9.95. The van der Waals surface area contributed by atoms with Gasteiger partial charge in [-0.15, -0.1) is 0 Å². The lowest BCUT2D eigenvalue weighted by Gasteiger charge is -2.28. The van der Waals surface area contributed by atoms with Crippen molar-refractivity contribution in [1.29, 1.82) is 0 Å². The van der Waals surface area contributed by atoms with Gasteiger partial charge in [0, 0.05) is 28.9 Å². The molecule has 1 heterocycles. The third-order valence-electron chi connectivity index (χ3n) is 5.27. The van der Waals surface area contributed by atoms with Gasteiger partial charge in [0.25, 0.3) is 0 Å². The molecule has 0 amide bonds. The average molecular weight is 571 g/mol. The van der Waals surface area contributed by atoms with E-state index in [1.807, 2.05) is 0 Å². The molecule has 0 radical (unpaired) electrons. The van der Waals surface area contributed by atoms with E-state index in [1.165, 1.54) is 50.7 Å². The number of benzene rings is 2. The van der Waals surface area contributed by atoms with E-state index in [0.29, 0.717) is 11.6 Å². The highest BCUT2D eigenvalue weighted by atomic mass is 32.2. The molecule has 10 nitrogen and oxygen atoms in total. The van der Waals surface area contributed by atoms with Crippen LogP contribution in [0.4, 0.5) is 13.2 Å². The van der Waals surface area contributed by atoms with Gasteiger partial charge in [0.05, 0.1) is 26.6 Å².